The number of amides is 1. The first-order valence-electron chi connectivity index (χ1n) is 10.9. The standard InChI is InChI=1S/C23H24N4O5S2/c1-26(18-9-10-34(29,30)14-18)21(28)13-33-23-25-24-22(17-5-3-2-4-6-17)27(23)12-16-7-8-19-20(11-16)32-15-31-19/h2-8,11,18H,9-10,12-15H2,1H3. The molecule has 3 aromatic rings. The Morgan fingerprint density at radius 1 is 1.15 bits per heavy atom. The van der Waals surface area contributed by atoms with Gasteiger partial charge in [-0.05, 0) is 24.1 Å². The number of ether oxygens (including phenoxy) is 2. The molecule has 0 N–H and O–H groups in total. The van der Waals surface area contributed by atoms with Crippen LogP contribution in [-0.2, 0) is 21.2 Å². The number of rotatable bonds is 7. The lowest BCUT2D eigenvalue weighted by Crippen LogP contribution is -2.38. The largest absolute Gasteiger partial charge is 0.454 e. The molecule has 1 amide bonds. The first-order valence-corrected chi connectivity index (χ1v) is 13.7. The molecule has 1 atom stereocenters. The van der Waals surface area contributed by atoms with Gasteiger partial charge in [0.1, 0.15) is 0 Å². The normalized spacial score (nSPS) is 18.2. The summed E-state index contributed by atoms with van der Waals surface area (Å²) < 4.78 is 36.5. The molecule has 178 valence electrons. The number of fused-ring (bicyclic) bond motifs is 1. The van der Waals surface area contributed by atoms with E-state index in [0.29, 0.717) is 35.4 Å². The van der Waals surface area contributed by atoms with E-state index in [0.717, 1.165) is 11.1 Å². The van der Waals surface area contributed by atoms with E-state index in [1.54, 1.807) is 11.9 Å². The van der Waals surface area contributed by atoms with Crippen molar-refractivity contribution in [2.45, 2.75) is 24.2 Å². The molecule has 3 heterocycles. The van der Waals surface area contributed by atoms with Crippen molar-refractivity contribution >= 4 is 27.5 Å². The maximum absolute atomic E-state index is 12.8. The van der Waals surface area contributed by atoms with Crippen molar-refractivity contribution in [3.05, 3.63) is 54.1 Å². The van der Waals surface area contributed by atoms with Gasteiger partial charge in [-0.3, -0.25) is 9.36 Å². The minimum atomic E-state index is -3.06. The van der Waals surface area contributed by atoms with Crippen LogP contribution in [-0.4, -0.2) is 71.1 Å². The molecule has 0 spiro atoms. The van der Waals surface area contributed by atoms with Gasteiger partial charge in [0.15, 0.2) is 32.3 Å². The van der Waals surface area contributed by atoms with Gasteiger partial charge in [0, 0.05) is 18.7 Å². The molecule has 34 heavy (non-hydrogen) atoms. The number of sulfone groups is 1. The Morgan fingerprint density at radius 3 is 2.71 bits per heavy atom. The number of nitrogens with zero attached hydrogens (tertiary/aromatic N) is 4. The highest BCUT2D eigenvalue weighted by Crippen LogP contribution is 2.34. The molecule has 0 radical (unpaired) electrons. The van der Waals surface area contributed by atoms with Crippen LogP contribution in [0.2, 0.25) is 0 Å². The van der Waals surface area contributed by atoms with Crippen LogP contribution in [0.1, 0.15) is 12.0 Å². The fourth-order valence-electron chi connectivity index (χ4n) is 4.07. The van der Waals surface area contributed by atoms with Crippen molar-refractivity contribution in [3.63, 3.8) is 0 Å². The third kappa shape index (κ3) is 4.76. The highest BCUT2D eigenvalue weighted by atomic mass is 32.2. The van der Waals surface area contributed by atoms with Crippen molar-refractivity contribution in [1.82, 2.24) is 19.7 Å². The van der Waals surface area contributed by atoms with E-state index >= 15 is 0 Å². The van der Waals surface area contributed by atoms with Crippen LogP contribution >= 0.6 is 11.8 Å². The van der Waals surface area contributed by atoms with Crippen molar-refractivity contribution in [2.24, 2.45) is 0 Å². The molecule has 5 rings (SSSR count). The SMILES string of the molecule is CN(C(=O)CSc1nnc(-c2ccccc2)n1Cc1ccc2c(c1)OCO2)C1CCS(=O)(=O)C1. The quantitative estimate of drug-likeness (QED) is 0.456. The van der Waals surface area contributed by atoms with Gasteiger partial charge in [-0.25, -0.2) is 8.42 Å². The zero-order chi connectivity index (χ0) is 23.7. The second-order valence-electron chi connectivity index (χ2n) is 8.30. The fraction of sp³-hybridized carbons (Fsp3) is 0.348. The van der Waals surface area contributed by atoms with Gasteiger partial charge >= 0.3 is 0 Å². The summed E-state index contributed by atoms with van der Waals surface area (Å²) in [6.07, 6.45) is 0.480. The van der Waals surface area contributed by atoms with Crippen LogP contribution in [0.3, 0.4) is 0 Å². The molecule has 2 aromatic carbocycles. The second kappa shape index (κ2) is 9.30. The van der Waals surface area contributed by atoms with Crippen molar-refractivity contribution in [1.29, 1.82) is 0 Å². The predicted octanol–water partition coefficient (Wildman–Crippen LogP) is 2.46. The number of hydrogen-bond donors (Lipinski definition) is 0. The average molecular weight is 501 g/mol. The van der Waals surface area contributed by atoms with E-state index in [1.807, 2.05) is 53.1 Å². The highest BCUT2D eigenvalue weighted by Gasteiger charge is 2.32. The number of benzene rings is 2. The molecule has 1 fully saturated rings. The number of hydrogen-bond acceptors (Lipinski definition) is 8. The van der Waals surface area contributed by atoms with Crippen molar-refractivity contribution < 1.29 is 22.7 Å². The molecule has 1 aromatic heterocycles. The summed E-state index contributed by atoms with van der Waals surface area (Å²) in [5.74, 6) is 2.28. The average Bonchev–Trinajstić information content (AvgIpc) is 3.55. The monoisotopic (exact) mass is 500 g/mol. The van der Waals surface area contributed by atoms with E-state index < -0.39 is 9.84 Å². The number of thioether (sulfide) groups is 1. The van der Waals surface area contributed by atoms with E-state index in [-0.39, 0.29) is 36.0 Å². The van der Waals surface area contributed by atoms with Crippen LogP contribution < -0.4 is 9.47 Å². The number of aromatic nitrogens is 3. The minimum Gasteiger partial charge on any atom is -0.454 e. The lowest BCUT2D eigenvalue weighted by molar-refractivity contribution is -0.128. The smallest absolute Gasteiger partial charge is 0.233 e. The first-order chi connectivity index (χ1) is 16.4. The van der Waals surface area contributed by atoms with Gasteiger partial charge in [-0.15, -0.1) is 10.2 Å². The van der Waals surface area contributed by atoms with Crippen molar-refractivity contribution in [3.8, 4) is 22.9 Å². The topological polar surface area (TPSA) is 104 Å². The lowest BCUT2D eigenvalue weighted by atomic mass is 10.2. The molecule has 0 bridgehead atoms. The molecular weight excluding hydrogens is 476 g/mol. The summed E-state index contributed by atoms with van der Waals surface area (Å²) in [5.41, 5.74) is 1.91. The highest BCUT2D eigenvalue weighted by molar-refractivity contribution is 7.99. The molecule has 1 unspecified atom stereocenters. The summed E-state index contributed by atoms with van der Waals surface area (Å²) in [5, 5.41) is 9.38. The first kappa shape index (κ1) is 22.7. The van der Waals surface area contributed by atoms with Gasteiger partial charge in [-0.2, -0.15) is 0 Å². The summed E-state index contributed by atoms with van der Waals surface area (Å²) in [6.45, 7) is 0.695. The Hall–Kier alpha value is -3.05. The molecule has 1 saturated heterocycles. The van der Waals surface area contributed by atoms with Gasteiger partial charge < -0.3 is 14.4 Å². The molecule has 0 saturated carbocycles. The third-order valence-corrected chi connectivity index (χ3v) is 8.70. The van der Waals surface area contributed by atoms with Gasteiger partial charge in [-0.1, -0.05) is 48.2 Å². The Kier molecular flexibility index (Phi) is 6.22. The van der Waals surface area contributed by atoms with Gasteiger partial charge in [0.25, 0.3) is 0 Å². The van der Waals surface area contributed by atoms with Crippen LogP contribution in [0.15, 0.2) is 53.7 Å². The fourth-order valence-corrected chi connectivity index (χ4v) is 6.71. The Balaban J connectivity index is 1.36. The van der Waals surface area contributed by atoms with Gasteiger partial charge in [0.05, 0.1) is 23.8 Å². The predicted molar refractivity (Wildman–Crippen MR) is 128 cm³/mol. The third-order valence-electron chi connectivity index (χ3n) is 6.00. The summed E-state index contributed by atoms with van der Waals surface area (Å²) >= 11 is 1.30. The van der Waals surface area contributed by atoms with E-state index in [9.17, 15) is 13.2 Å². The Labute approximate surface area is 202 Å². The summed E-state index contributed by atoms with van der Waals surface area (Å²) in [4.78, 5) is 14.4. The second-order valence-corrected chi connectivity index (χ2v) is 11.5. The van der Waals surface area contributed by atoms with E-state index in [2.05, 4.69) is 10.2 Å². The molecule has 11 heteroatoms. The maximum Gasteiger partial charge on any atom is 0.233 e. The molecular formula is C23H24N4O5S2. The maximum atomic E-state index is 12.8. The Morgan fingerprint density at radius 2 is 1.94 bits per heavy atom. The zero-order valence-corrected chi connectivity index (χ0v) is 20.2. The van der Waals surface area contributed by atoms with Crippen molar-refractivity contribution in [2.75, 3.05) is 31.1 Å². The lowest BCUT2D eigenvalue weighted by Gasteiger charge is -2.23. The Bertz CT molecular complexity index is 1310. The molecule has 0 aliphatic carbocycles. The number of carbonyl (C=O) groups is 1. The summed E-state index contributed by atoms with van der Waals surface area (Å²) in [6, 6.07) is 15.3. The molecule has 9 nitrogen and oxygen atoms in total. The van der Waals surface area contributed by atoms with E-state index in [1.165, 1.54) is 11.8 Å². The van der Waals surface area contributed by atoms with Crippen LogP contribution in [0.25, 0.3) is 11.4 Å². The molecule has 2 aliphatic heterocycles. The van der Waals surface area contributed by atoms with Crippen LogP contribution in [0, 0.1) is 0 Å². The van der Waals surface area contributed by atoms with Gasteiger partial charge in [0.2, 0.25) is 12.7 Å². The summed E-state index contributed by atoms with van der Waals surface area (Å²) in [7, 11) is -1.39. The van der Waals surface area contributed by atoms with Crippen LogP contribution in [0.5, 0.6) is 11.5 Å². The number of carbonyl (C=O) groups excluding carboxylic acids is 1. The van der Waals surface area contributed by atoms with Crippen LogP contribution in [0.4, 0.5) is 0 Å². The molecule has 2 aliphatic rings. The van der Waals surface area contributed by atoms with E-state index in [4.69, 9.17) is 9.47 Å². The minimum absolute atomic E-state index is 0.0261. The zero-order valence-electron chi connectivity index (χ0n) is 18.6.